The van der Waals surface area contributed by atoms with E-state index in [9.17, 15) is 4.79 Å². The third-order valence-corrected chi connectivity index (χ3v) is 3.38. The first kappa shape index (κ1) is 13.4. The van der Waals surface area contributed by atoms with Crippen LogP contribution < -0.4 is 5.32 Å². The van der Waals surface area contributed by atoms with Crippen LogP contribution in [0.1, 0.15) is 29.9 Å². The van der Waals surface area contributed by atoms with Crippen LogP contribution in [0.3, 0.4) is 0 Å². The van der Waals surface area contributed by atoms with Crippen LogP contribution in [0.4, 0.5) is 0 Å². The summed E-state index contributed by atoms with van der Waals surface area (Å²) in [6, 6.07) is 5.75. The van der Waals surface area contributed by atoms with Crippen LogP contribution in [-0.4, -0.2) is 21.1 Å². The van der Waals surface area contributed by atoms with E-state index in [1.165, 1.54) is 6.33 Å². The Morgan fingerprint density at radius 3 is 3.10 bits per heavy atom. The standard InChI is InChI=1S/C15H16N4O2/c1-9-3-4-12-11(7-21-13(12)5-9)6-14(20)18-10(2)15-16-8-17-19-15/h3-5,7-8,10H,6H2,1-2H3,(H,18,20)(H,16,17,19). The monoisotopic (exact) mass is 284 g/mol. The van der Waals surface area contributed by atoms with Crippen molar-refractivity contribution in [1.29, 1.82) is 0 Å². The van der Waals surface area contributed by atoms with Gasteiger partial charge in [0.25, 0.3) is 0 Å². The Labute approximate surface area is 121 Å². The van der Waals surface area contributed by atoms with Crippen LogP contribution in [-0.2, 0) is 11.2 Å². The van der Waals surface area contributed by atoms with Crippen LogP contribution in [0.15, 0.2) is 35.2 Å². The Hall–Kier alpha value is -2.63. The molecule has 0 bridgehead atoms. The molecule has 1 amide bonds. The Balaban J connectivity index is 1.71. The highest BCUT2D eigenvalue weighted by Crippen LogP contribution is 2.22. The number of nitrogens with one attached hydrogen (secondary N) is 2. The fourth-order valence-electron chi connectivity index (χ4n) is 2.28. The second kappa shape index (κ2) is 5.40. The molecule has 108 valence electrons. The zero-order valence-electron chi connectivity index (χ0n) is 11.9. The number of benzene rings is 1. The third-order valence-electron chi connectivity index (χ3n) is 3.38. The van der Waals surface area contributed by atoms with Crippen molar-refractivity contribution >= 4 is 16.9 Å². The molecule has 0 aliphatic rings. The number of fused-ring (bicyclic) bond motifs is 1. The number of furan rings is 1. The van der Waals surface area contributed by atoms with Crippen molar-refractivity contribution in [3.8, 4) is 0 Å². The van der Waals surface area contributed by atoms with Crippen molar-refractivity contribution in [2.75, 3.05) is 0 Å². The van der Waals surface area contributed by atoms with Crippen molar-refractivity contribution < 1.29 is 9.21 Å². The van der Waals surface area contributed by atoms with E-state index >= 15 is 0 Å². The molecule has 1 unspecified atom stereocenters. The highest BCUT2D eigenvalue weighted by molar-refractivity contribution is 5.88. The van der Waals surface area contributed by atoms with E-state index in [0.717, 1.165) is 22.1 Å². The van der Waals surface area contributed by atoms with Gasteiger partial charge in [-0.05, 0) is 25.5 Å². The molecule has 2 N–H and O–H groups in total. The summed E-state index contributed by atoms with van der Waals surface area (Å²) in [7, 11) is 0. The summed E-state index contributed by atoms with van der Waals surface area (Å²) in [6.07, 6.45) is 3.33. The number of hydrogen-bond acceptors (Lipinski definition) is 4. The van der Waals surface area contributed by atoms with Gasteiger partial charge in [0.2, 0.25) is 5.91 Å². The summed E-state index contributed by atoms with van der Waals surface area (Å²) in [5.74, 6) is 0.554. The lowest BCUT2D eigenvalue weighted by atomic mass is 10.1. The predicted molar refractivity (Wildman–Crippen MR) is 77.6 cm³/mol. The van der Waals surface area contributed by atoms with Gasteiger partial charge in [-0.3, -0.25) is 9.89 Å². The molecule has 2 aromatic heterocycles. The number of hydrogen-bond donors (Lipinski definition) is 2. The van der Waals surface area contributed by atoms with Gasteiger partial charge >= 0.3 is 0 Å². The fraction of sp³-hybridized carbons (Fsp3) is 0.267. The summed E-state index contributed by atoms with van der Waals surface area (Å²) >= 11 is 0. The lowest BCUT2D eigenvalue weighted by Crippen LogP contribution is -2.28. The minimum absolute atomic E-state index is 0.0813. The first-order valence-electron chi connectivity index (χ1n) is 6.75. The molecule has 0 saturated heterocycles. The fourth-order valence-corrected chi connectivity index (χ4v) is 2.28. The average Bonchev–Trinajstić information content (AvgIpc) is 3.08. The van der Waals surface area contributed by atoms with Gasteiger partial charge in [0.15, 0.2) is 0 Å². The molecular formula is C15H16N4O2. The van der Waals surface area contributed by atoms with Crippen LogP contribution in [0.2, 0.25) is 0 Å². The molecule has 2 heterocycles. The third kappa shape index (κ3) is 2.79. The number of carbonyl (C=O) groups excluding carboxylic acids is 1. The van der Waals surface area contributed by atoms with Crippen molar-refractivity contribution in [1.82, 2.24) is 20.5 Å². The van der Waals surface area contributed by atoms with Gasteiger partial charge in [-0.15, -0.1) is 0 Å². The largest absolute Gasteiger partial charge is 0.464 e. The van der Waals surface area contributed by atoms with Crippen LogP contribution in [0, 0.1) is 6.92 Å². The van der Waals surface area contributed by atoms with Crippen LogP contribution in [0.25, 0.3) is 11.0 Å². The number of amides is 1. The zero-order valence-corrected chi connectivity index (χ0v) is 11.9. The zero-order chi connectivity index (χ0) is 14.8. The minimum Gasteiger partial charge on any atom is -0.464 e. The van der Waals surface area contributed by atoms with Gasteiger partial charge in [0.1, 0.15) is 17.7 Å². The van der Waals surface area contributed by atoms with E-state index in [-0.39, 0.29) is 18.4 Å². The van der Waals surface area contributed by atoms with Gasteiger partial charge in [-0.1, -0.05) is 12.1 Å². The van der Waals surface area contributed by atoms with Gasteiger partial charge in [0, 0.05) is 10.9 Å². The number of H-pyrrole nitrogens is 1. The molecule has 3 rings (SSSR count). The molecule has 6 heteroatoms. The Morgan fingerprint density at radius 2 is 2.33 bits per heavy atom. The lowest BCUT2D eigenvalue weighted by molar-refractivity contribution is -0.121. The number of aromatic nitrogens is 3. The maximum Gasteiger partial charge on any atom is 0.225 e. The van der Waals surface area contributed by atoms with E-state index in [4.69, 9.17) is 4.42 Å². The lowest BCUT2D eigenvalue weighted by Gasteiger charge is -2.10. The van der Waals surface area contributed by atoms with Crippen molar-refractivity contribution in [2.45, 2.75) is 26.3 Å². The Morgan fingerprint density at radius 1 is 1.48 bits per heavy atom. The molecule has 0 fully saturated rings. The summed E-state index contributed by atoms with van der Waals surface area (Å²) < 4.78 is 5.50. The number of aryl methyl sites for hydroxylation is 1. The number of aromatic amines is 1. The number of carbonyl (C=O) groups is 1. The maximum atomic E-state index is 12.1. The van der Waals surface area contributed by atoms with E-state index in [2.05, 4.69) is 20.5 Å². The van der Waals surface area contributed by atoms with Crippen LogP contribution >= 0.6 is 0 Å². The number of nitrogens with zero attached hydrogens (tertiary/aromatic N) is 2. The summed E-state index contributed by atoms with van der Waals surface area (Å²) in [5, 5.41) is 10.4. The SMILES string of the molecule is Cc1ccc2c(CC(=O)NC(C)c3ncn[nH]3)coc2c1. The molecular weight excluding hydrogens is 268 g/mol. The van der Waals surface area contributed by atoms with Gasteiger partial charge in [-0.25, -0.2) is 4.98 Å². The van der Waals surface area contributed by atoms with E-state index in [1.807, 2.05) is 32.0 Å². The molecule has 0 aliphatic heterocycles. The quantitative estimate of drug-likeness (QED) is 0.769. The highest BCUT2D eigenvalue weighted by atomic mass is 16.3. The Bertz CT molecular complexity index is 761. The second-order valence-electron chi connectivity index (χ2n) is 5.10. The smallest absolute Gasteiger partial charge is 0.225 e. The van der Waals surface area contributed by atoms with Crippen molar-refractivity contribution in [3.63, 3.8) is 0 Å². The summed E-state index contributed by atoms with van der Waals surface area (Å²) in [5.41, 5.74) is 2.82. The topological polar surface area (TPSA) is 83.8 Å². The molecule has 21 heavy (non-hydrogen) atoms. The van der Waals surface area contributed by atoms with Gasteiger partial charge < -0.3 is 9.73 Å². The molecule has 0 saturated carbocycles. The molecule has 1 aromatic carbocycles. The minimum atomic E-state index is -0.208. The normalized spacial score (nSPS) is 12.5. The van der Waals surface area contributed by atoms with Gasteiger partial charge in [-0.2, -0.15) is 5.10 Å². The van der Waals surface area contributed by atoms with Gasteiger partial charge in [0.05, 0.1) is 18.7 Å². The first-order chi connectivity index (χ1) is 10.1. The van der Waals surface area contributed by atoms with Crippen molar-refractivity contribution in [3.05, 3.63) is 47.7 Å². The van der Waals surface area contributed by atoms with E-state index in [0.29, 0.717) is 5.82 Å². The summed E-state index contributed by atoms with van der Waals surface area (Å²) in [6.45, 7) is 3.86. The maximum absolute atomic E-state index is 12.1. The highest BCUT2D eigenvalue weighted by Gasteiger charge is 2.14. The summed E-state index contributed by atoms with van der Waals surface area (Å²) in [4.78, 5) is 16.1. The predicted octanol–water partition coefficient (Wildman–Crippen LogP) is 2.28. The first-order valence-corrected chi connectivity index (χ1v) is 6.75. The molecule has 0 spiro atoms. The molecule has 0 aliphatic carbocycles. The molecule has 3 aromatic rings. The molecule has 1 atom stereocenters. The molecule has 6 nitrogen and oxygen atoms in total. The number of rotatable bonds is 4. The van der Waals surface area contributed by atoms with E-state index < -0.39 is 0 Å². The Kier molecular flexibility index (Phi) is 3.43. The van der Waals surface area contributed by atoms with Crippen molar-refractivity contribution in [2.24, 2.45) is 0 Å². The average molecular weight is 284 g/mol. The van der Waals surface area contributed by atoms with E-state index in [1.54, 1.807) is 6.26 Å². The molecule has 0 radical (unpaired) electrons. The second-order valence-corrected chi connectivity index (χ2v) is 5.10. The van der Waals surface area contributed by atoms with Crippen LogP contribution in [0.5, 0.6) is 0 Å².